The summed E-state index contributed by atoms with van der Waals surface area (Å²) in [7, 11) is 0. The summed E-state index contributed by atoms with van der Waals surface area (Å²) in [6, 6.07) is 8.16. The van der Waals surface area contributed by atoms with Crippen LogP contribution in [0, 0.1) is 0 Å². The Bertz CT molecular complexity index is 666. The second-order valence-corrected chi connectivity index (χ2v) is 5.75. The van der Waals surface area contributed by atoms with E-state index in [1.165, 1.54) is 11.1 Å². The van der Waals surface area contributed by atoms with Crippen molar-refractivity contribution in [2.24, 2.45) is 0 Å². The summed E-state index contributed by atoms with van der Waals surface area (Å²) in [5, 5.41) is 13.2. The van der Waals surface area contributed by atoms with Gasteiger partial charge in [0.25, 0.3) is 5.91 Å². The SMILES string of the molecule is CC(C)c1cc(C(=O)NCc2ccc3c(c2)CNC3)n[nH]1.Cl. The number of H-pyrrole nitrogens is 1. The lowest BCUT2D eigenvalue weighted by Gasteiger charge is -2.05. The average molecular weight is 321 g/mol. The monoisotopic (exact) mass is 320 g/mol. The number of halogens is 1. The molecule has 3 N–H and O–H groups in total. The van der Waals surface area contributed by atoms with Crippen molar-refractivity contribution in [1.29, 1.82) is 0 Å². The Kier molecular flexibility index (Phi) is 5.21. The minimum atomic E-state index is -0.142. The number of aromatic nitrogens is 2. The number of rotatable bonds is 4. The van der Waals surface area contributed by atoms with Crippen molar-refractivity contribution in [1.82, 2.24) is 20.8 Å². The maximum Gasteiger partial charge on any atom is 0.272 e. The number of hydrogen-bond acceptors (Lipinski definition) is 3. The molecule has 1 aromatic heterocycles. The van der Waals surface area contributed by atoms with Gasteiger partial charge in [0.1, 0.15) is 5.69 Å². The topological polar surface area (TPSA) is 69.8 Å². The van der Waals surface area contributed by atoms with Crippen molar-refractivity contribution >= 4 is 18.3 Å². The van der Waals surface area contributed by atoms with Gasteiger partial charge in [-0.25, -0.2) is 0 Å². The molecule has 0 atom stereocenters. The molecule has 22 heavy (non-hydrogen) atoms. The number of benzene rings is 1. The Morgan fingerprint density at radius 2 is 2.05 bits per heavy atom. The molecule has 0 unspecified atom stereocenters. The van der Waals surface area contributed by atoms with Crippen molar-refractivity contribution in [2.75, 3.05) is 0 Å². The van der Waals surface area contributed by atoms with Gasteiger partial charge in [-0.2, -0.15) is 5.10 Å². The summed E-state index contributed by atoms with van der Waals surface area (Å²) in [4.78, 5) is 12.1. The zero-order valence-electron chi connectivity index (χ0n) is 12.8. The van der Waals surface area contributed by atoms with E-state index in [-0.39, 0.29) is 18.3 Å². The number of amides is 1. The lowest BCUT2D eigenvalue weighted by molar-refractivity contribution is 0.0946. The first-order valence-corrected chi connectivity index (χ1v) is 7.28. The number of fused-ring (bicyclic) bond motifs is 1. The molecule has 1 aliphatic heterocycles. The second-order valence-electron chi connectivity index (χ2n) is 5.75. The van der Waals surface area contributed by atoms with E-state index < -0.39 is 0 Å². The average Bonchev–Trinajstić information content (AvgIpc) is 3.12. The molecule has 2 aromatic rings. The first kappa shape index (κ1) is 16.5. The van der Waals surface area contributed by atoms with Crippen molar-refractivity contribution in [3.8, 4) is 0 Å². The minimum absolute atomic E-state index is 0. The molecule has 0 saturated carbocycles. The number of nitrogens with zero attached hydrogens (tertiary/aromatic N) is 1. The fourth-order valence-corrected chi connectivity index (χ4v) is 2.48. The Hall–Kier alpha value is -1.85. The molecule has 2 heterocycles. The Morgan fingerprint density at radius 1 is 1.27 bits per heavy atom. The van der Waals surface area contributed by atoms with Crippen LogP contribution in [-0.2, 0) is 19.6 Å². The first-order valence-electron chi connectivity index (χ1n) is 7.28. The highest BCUT2D eigenvalue weighted by atomic mass is 35.5. The van der Waals surface area contributed by atoms with Crippen LogP contribution in [0.1, 0.15) is 52.6 Å². The van der Waals surface area contributed by atoms with E-state index >= 15 is 0 Å². The van der Waals surface area contributed by atoms with Crippen LogP contribution in [0.15, 0.2) is 24.3 Å². The van der Waals surface area contributed by atoms with Crippen LogP contribution in [0.5, 0.6) is 0 Å². The molecule has 0 saturated heterocycles. The van der Waals surface area contributed by atoms with Crippen LogP contribution in [0.3, 0.4) is 0 Å². The van der Waals surface area contributed by atoms with Gasteiger partial charge in [0.15, 0.2) is 0 Å². The van der Waals surface area contributed by atoms with Gasteiger partial charge in [0.2, 0.25) is 0 Å². The third-order valence-electron chi connectivity index (χ3n) is 3.81. The van der Waals surface area contributed by atoms with Gasteiger partial charge in [-0.05, 0) is 28.7 Å². The summed E-state index contributed by atoms with van der Waals surface area (Å²) >= 11 is 0. The van der Waals surface area contributed by atoms with Gasteiger partial charge in [-0.3, -0.25) is 9.89 Å². The van der Waals surface area contributed by atoms with E-state index in [1.54, 1.807) is 0 Å². The summed E-state index contributed by atoms with van der Waals surface area (Å²) in [6.45, 7) is 6.50. The van der Waals surface area contributed by atoms with Crippen molar-refractivity contribution in [3.05, 3.63) is 52.3 Å². The van der Waals surface area contributed by atoms with Crippen LogP contribution in [0.2, 0.25) is 0 Å². The van der Waals surface area contributed by atoms with Gasteiger partial charge < -0.3 is 10.6 Å². The Morgan fingerprint density at radius 3 is 2.77 bits per heavy atom. The second kappa shape index (κ2) is 6.94. The van der Waals surface area contributed by atoms with Gasteiger partial charge >= 0.3 is 0 Å². The quantitative estimate of drug-likeness (QED) is 0.810. The largest absolute Gasteiger partial charge is 0.347 e. The van der Waals surface area contributed by atoms with Gasteiger partial charge in [0.05, 0.1) is 0 Å². The van der Waals surface area contributed by atoms with E-state index in [2.05, 4.69) is 52.9 Å². The molecular formula is C16H21ClN4O. The lowest BCUT2D eigenvalue weighted by atomic mass is 10.1. The molecule has 1 aromatic carbocycles. The van der Waals surface area contributed by atoms with E-state index in [0.717, 1.165) is 24.3 Å². The molecule has 118 valence electrons. The standard InChI is InChI=1S/C16H20N4O.ClH/c1-10(2)14-6-15(20-19-14)16(21)18-7-11-3-4-12-8-17-9-13(12)5-11;/h3-6,10,17H,7-9H2,1-2H3,(H,18,21)(H,19,20);1H. The fraction of sp³-hybridized carbons (Fsp3) is 0.375. The van der Waals surface area contributed by atoms with E-state index in [1.807, 2.05) is 6.07 Å². The Labute approximate surface area is 136 Å². The molecule has 0 aliphatic carbocycles. The fourth-order valence-electron chi connectivity index (χ4n) is 2.48. The third kappa shape index (κ3) is 3.48. The maximum absolute atomic E-state index is 12.1. The molecule has 1 amide bonds. The predicted octanol–water partition coefficient (Wildman–Crippen LogP) is 2.49. The van der Waals surface area contributed by atoms with Crippen LogP contribution < -0.4 is 10.6 Å². The minimum Gasteiger partial charge on any atom is -0.347 e. The predicted molar refractivity (Wildman–Crippen MR) is 88.1 cm³/mol. The molecule has 3 rings (SSSR count). The number of carbonyl (C=O) groups excluding carboxylic acids is 1. The highest BCUT2D eigenvalue weighted by molar-refractivity contribution is 5.92. The highest BCUT2D eigenvalue weighted by Crippen LogP contribution is 2.17. The zero-order valence-corrected chi connectivity index (χ0v) is 13.6. The number of carbonyl (C=O) groups is 1. The highest BCUT2D eigenvalue weighted by Gasteiger charge is 2.13. The smallest absolute Gasteiger partial charge is 0.272 e. The number of aromatic amines is 1. The number of nitrogens with one attached hydrogen (secondary N) is 3. The lowest BCUT2D eigenvalue weighted by Crippen LogP contribution is -2.23. The van der Waals surface area contributed by atoms with Crippen LogP contribution in [-0.4, -0.2) is 16.1 Å². The molecular weight excluding hydrogens is 300 g/mol. The van der Waals surface area contributed by atoms with Gasteiger partial charge in [-0.15, -0.1) is 12.4 Å². The van der Waals surface area contributed by atoms with E-state index in [4.69, 9.17) is 0 Å². The van der Waals surface area contributed by atoms with Crippen molar-refractivity contribution < 1.29 is 4.79 Å². The van der Waals surface area contributed by atoms with Gasteiger partial charge in [0, 0.05) is 25.3 Å². The van der Waals surface area contributed by atoms with Crippen LogP contribution in [0.25, 0.3) is 0 Å². The molecule has 5 nitrogen and oxygen atoms in total. The molecule has 0 fully saturated rings. The molecule has 0 spiro atoms. The molecule has 0 bridgehead atoms. The van der Waals surface area contributed by atoms with Crippen LogP contribution in [0.4, 0.5) is 0 Å². The normalized spacial score (nSPS) is 12.9. The number of hydrogen-bond donors (Lipinski definition) is 3. The first-order chi connectivity index (χ1) is 10.1. The Balaban J connectivity index is 0.00000176. The van der Waals surface area contributed by atoms with E-state index in [0.29, 0.717) is 18.2 Å². The molecule has 0 radical (unpaired) electrons. The zero-order chi connectivity index (χ0) is 14.8. The van der Waals surface area contributed by atoms with Crippen molar-refractivity contribution in [3.63, 3.8) is 0 Å². The summed E-state index contributed by atoms with van der Waals surface area (Å²) in [5.74, 6) is 0.194. The summed E-state index contributed by atoms with van der Waals surface area (Å²) in [5.41, 5.74) is 5.21. The third-order valence-corrected chi connectivity index (χ3v) is 3.81. The van der Waals surface area contributed by atoms with Crippen molar-refractivity contribution in [2.45, 2.75) is 39.4 Å². The summed E-state index contributed by atoms with van der Waals surface area (Å²) < 4.78 is 0. The van der Waals surface area contributed by atoms with Gasteiger partial charge in [-0.1, -0.05) is 32.0 Å². The van der Waals surface area contributed by atoms with E-state index in [9.17, 15) is 4.79 Å². The van der Waals surface area contributed by atoms with Crippen LogP contribution >= 0.6 is 12.4 Å². The maximum atomic E-state index is 12.1. The molecule has 1 aliphatic rings. The molecule has 6 heteroatoms. The summed E-state index contributed by atoms with van der Waals surface area (Å²) in [6.07, 6.45) is 0.